The number of aryl methyl sites for hydroxylation is 1. The van der Waals surface area contributed by atoms with Gasteiger partial charge in [0, 0.05) is 11.6 Å². The van der Waals surface area contributed by atoms with Crippen molar-refractivity contribution >= 4 is 22.4 Å². The minimum absolute atomic E-state index is 0.00549. The van der Waals surface area contributed by atoms with Crippen molar-refractivity contribution in [2.45, 2.75) is 71.0 Å². The average Bonchev–Trinajstić information content (AvgIpc) is 2.74. The maximum Gasteiger partial charge on any atom is 0.408 e. The van der Waals surface area contributed by atoms with Crippen LogP contribution in [0, 0.1) is 6.92 Å². The van der Waals surface area contributed by atoms with E-state index in [9.17, 15) is 9.90 Å². The normalized spacial score (nSPS) is 21.7. The van der Waals surface area contributed by atoms with E-state index in [1.165, 1.54) is 10.5 Å². The van der Waals surface area contributed by atoms with Gasteiger partial charge < -0.3 is 16.6 Å². The molecule has 5 N–H and O–H groups in total. The Labute approximate surface area is 137 Å². The second kappa shape index (κ2) is 7.83. The first-order valence-corrected chi connectivity index (χ1v) is 8.59. The minimum atomic E-state index is -0.857. The van der Waals surface area contributed by atoms with Gasteiger partial charge in [-0.2, -0.15) is 0 Å². The highest BCUT2D eigenvalue weighted by molar-refractivity contribution is 7.14. The van der Waals surface area contributed by atoms with Crippen molar-refractivity contribution in [3.8, 4) is 0 Å². The molecule has 0 radical (unpaired) electrons. The number of nitrogens with zero attached hydrogens (tertiary/aromatic N) is 1. The predicted octanol–water partition coefficient (Wildman–Crippen LogP) is 3.67. The molecule has 0 bridgehead atoms. The van der Waals surface area contributed by atoms with Crippen LogP contribution in [-0.2, 0) is 0 Å². The van der Waals surface area contributed by atoms with E-state index in [-0.39, 0.29) is 17.6 Å². The zero-order valence-corrected chi connectivity index (χ0v) is 14.8. The lowest BCUT2D eigenvalue weighted by molar-refractivity contribution is 0.0491. The van der Waals surface area contributed by atoms with Crippen molar-refractivity contribution in [1.82, 2.24) is 4.90 Å². The van der Waals surface area contributed by atoms with Gasteiger partial charge in [-0.05, 0) is 57.5 Å². The van der Waals surface area contributed by atoms with Crippen LogP contribution < -0.4 is 11.5 Å². The summed E-state index contributed by atoms with van der Waals surface area (Å²) in [5, 5.41) is 12.2. The summed E-state index contributed by atoms with van der Waals surface area (Å²) in [6.07, 6.45) is 3.17. The predicted molar refractivity (Wildman–Crippen MR) is 93.3 cm³/mol. The Kier molecular flexibility index (Phi) is 6.68. The molecule has 126 valence electrons. The van der Waals surface area contributed by atoms with Crippen molar-refractivity contribution in [1.29, 1.82) is 0 Å². The van der Waals surface area contributed by atoms with E-state index in [1.54, 1.807) is 11.3 Å². The fourth-order valence-corrected chi connectivity index (χ4v) is 3.48. The number of nitrogens with two attached hydrogens (primary N) is 2. The highest BCUT2D eigenvalue weighted by Gasteiger charge is 2.37. The van der Waals surface area contributed by atoms with Crippen LogP contribution in [0.25, 0.3) is 0 Å². The van der Waals surface area contributed by atoms with Crippen LogP contribution in [0.15, 0.2) is 11.4 Å². The van der Waals surface area contributed by atoms with E-state index >= 15 is 0 Å². The zero-order chi connectivity index (χ0) is 16.9. The van der Waals surface area contributed by atoms with E-state index in [1.807, 2.05) is 39.1 Å². The Balaban J connectivity index is 0.000000287. The number of carboxylic acid groups (broad SMARTS) is 1. The Bertz CT molecular complexity index is 465. The number of anilines is 1. The van der Waals surface area contributed by atoms with Crippen LogP contribution in [0.5, 0.6) is 0 Å². The fourth-order valence-electron chi connectivity index (χ4n) is 2.84. The minimum Gasteiger partial charge on any atom is -0.465 e. The SMILES string of the molecule is CC(C)(C)N(C(=O)O)[C@H]1CCCC[C@H]1N.Cc1csc(N)c1. The molecule has 1 aromatic heterocycles. The van der Waals surface area contributed by atoms with Gasteiger partial charge in [-0.15, -0.1) is 11.3 Å². The molecule has 1 heterocycles. The molecule has 1 fully saturated rings. The van der Waals surface area contributed by atoms with Gasteiger partial charge in [0.15, 0.2) is 0 Å². The molecule has 22 heavy (non-hydrogen) atoms. The van der Waals surface area contributed by atoms with E-state index in [0.29, 0.717) is 0 Å². The highest BCUT2D eigenvalue weighted by atomic mass is 32.1. The maximum atomic E-state index is 11.3. The topological polar surface area (TPSA) is 92.6 Å². The number of hydrogen-bond acceptors (Lipinski definition) is 4. The molecule has 1 aliphatic rings. The number of nitrogen functional groups attached to an aromatic ring is 1. The Morgan fingerprint density at radius 1 is 1.36 bits per heavy atom. The van der Waals surface area contributed by atoms with Crippen molar-refractivity contribution < 1.29 is 9.90 Å². The standard InChI is InChI=1S/C11H22N2O2.C5H7NS/c1-11(2,3)13(10(14)15)9-7-5-4-6-8(9)12;1-4-2-5(6)7-3-4/h8-9H,4-7,12H2,1-3H3,(H,14,15);2-3H,6H2,1H3/t8-,9+;/m1./s1. The van der Waals surface area contributed by atoms with Gasteiger partial charge in [-0.25, -0.2) is 4.79 Å². The Morgan fingerprint density at radius 3 is 2.27 bits per heavy atom. The molecular formula is C16H29N3O2S. The van der Waals surface area contributed by atoms with Crippen LogP contribution in [0.3, 0.4) is 0 Å². The molecule has 6 heteroatoms. The van der Waals surface area contributed by atoms with Gasteiger partial charge in [-0.3, -0.25) is 4.90 Å². The van der Waals surface area contributed by atoms with E-state index in [0.717, 1.165) is 30.7 Å². The molecule has 1 amide bonds. The molecule has 1 aromatic rings. The molecule has 1 saturated carbocycles. The summed E-state index contributed by atoms with van der Waals surface area (Å²) in [7, 11) is 0. The molecule has 0 aromatic carbocycles. The van der Waals surface area contributed by atoms with Gasteiger partial charge in [0.25, 0.3) is 0 Å². The molecule has 2 atom stereocenters. The van der Waals surface area contributed by atoms with Gasteiger partial charge in [-0.1, -0.05) is 12.8 Å². The van der Waals surface area contributed by atoms with Crippen molar-refractivity contribution in [2.24, 2.45) is 5.73 Å². The monoisotopic (exact) mass is 327 g/mol. The van der Waals surface area contributed by atoms with Crippen LogP contribution in [0.1, 0.15) is 52.0 Å². The fraction of sp³-hybridized carbons (Fsp3) is 0.688. The Hall–Kier alpha value is -1.27. The molecule has 1 aliphatic carbocycles. The van der Waals surface area contributed by atoms with Crippen molar-refractivity contribution in [3.63, 3.8) is 0 Å². The smallest absolute Gasteiger partial charge is 0.408 e. The molecule has 0 saturated heterocycles. The second-order valence-electron chi connectivity index (χ2n) is 6.87. The number of thiophene rings is 1. The summed E-state index contributed by atoms with van der Waals surface area (Å²) in [6, 6.07) is 1.94. The first-order valence-electron chi connectivity index (χ1n) is 7.71. The van der Waals surface area contributed by atoms with E-state index < -0.39 is 6.09 Å². The largest absolute Gasteiger partial charge is 0.465 e. The van der Waals surface area contributed by atoms with Crippen molar-refractivity contribution in [2.75, 3.05) is 5.73 Å². The summed E-state index contributed by atoms with van der Waals surface area (Å²) >= 11 is 1.58. The summed E-state index contributed by atoms with van der Waals surface area (Å²) in [4.78, 5) is 12.8. The zero-order valence-electron chi connectivity index (χ0n) is 14.0. The van der Waals surface area contributed by atoms with Gasteiger partial charge in [0.05, 0.1) is 11.0 Å². The van der Waals surface area contributed by atoms with E-state index in [4.69, 9.17) is 11.5 Å². The third kappa shape index (κ3) is 5.50. The molecule has 0 spiro atoms. The maximum absolute atomic E-state index is 11.3. The van der Waals surface area contributed by atoms with Gasteiger partial charge in [0.2, 0.25) is 0 Å². The van der Waals surface area contributed by atoms with Crippen molar-refractivity contribution in [3.05, 3.63) is 17.0 Å². The summed E-state index contributed by atoms with van der Waals surface area (Å²) < 4.78 is 0. The number of hydrogen-bond donors (Lipinski definition) is 3. The second-order valence-corrected chi connectivity index (χ2v) is 7.81. The number of amides is 1. The van der Waals surface area contributed by atoms with E-state index in [2.05, 4.69) is 0 Å². The third-order valence-corrected chi connectivity index (χ3v) is 4.67. The number of carbonyl (C=O) groups is 1. The van der Waals surface area contributed by atoms with Gasteiger partial charge in [0.1, 0.15) is 0 Å². The van der Waals surface area contributed by atoms with Gasteiger partial charge >= 0.3 is 6.09 Å². The highest BCUT2D eigenvalue weighted by Crippen LogP contribution is 2.27. The van der Waals surface area contributed by atoms with Crippen LogP contribution in [-0.4, -0.2) is 33.7 Å². The van der Waals surface area contributed by atoms with Crippen LogP contribution in [0.2, 0.25) is 0 Å². The molecule has 0 aliphatic heterocycles. The quantitative estimate of drug-likeness (QED) is 0.733. The van der Waals surface area contributed by atoms with Crippen LogP contribution >= 0.6 is 11.3 Å². The number of rotatable bonds is 1. The Morgan fingerprint density at radius 2 is 1.95 bits per heavy atom. The summed E-state index contributed by atoms with van der Waals surface area (Å²) in [5.74, 6) is 0. The summed E-state index contributed by atoms with van der Waals surface area (Å²) in [6.45, 7) is 7.79. The van der Waals surface area contributed by atoms with Crippen LogP contribution in [0.4, 0.5) is 9.80 Å². The third-order valence-electron chi connectivity index (χ3n) is 3.79. The first-order chi connectivity index (χ1) is 10.1. The molecule has 0 unspecified atom stereocenters. The summed E-state index contributed by atoms with van der Waals surface area (Å²) in [5.41, 5.74) is 12.3. The first kappa shape index (κ1) is 18.8. The average molecular weight is 327 g/mol. The lowest BCUT2D eigenvalue weighted by Crippen LogP contribution is -2.58. The molecule has 5 nitrogen and oxygen atoms in total. The lowest BCUT2D eigenvalue weighted by atomic mass is 9.87. The molecule has 2 rings (SSSR count). The lowest BCUT2D eigenvalue weighted by Gasteiger charge is -2.44. The molecular weight excluding hydrogens is 298 g/mol.